The number of nitrogens with zero attached hydrogens (tertiary/aromatic N) is 1. The summed E-state index contributed by atoms with van der Waals surface area (Å²) in [5, 5.41) is 4.91. The van der Waals surface area contributed by atoms with E-state index >= 15 is 0 Å². The van der Waals surface area contributed by atoms with Gasteiger partial charge in [0.1, 0.15) is 6.10 Å². The van der Waals surface area contributed by atoms with Crippen LogP contribution >= 0.6 is 11.3 Å². The second kappa shape index (κ2) is 7.60. The molecule has 5 nitrogen and oxygen atoms in total. The first-order valence-electron chi connectivity index (χ1n) is 9.06. The summed E-state index contributed by atoms with van der Waals surface area (Å²) >= 11 is 1.67. The summed E-state index contributed by atoms with van der Waals surface area (Å²) in [4.78, 5) is 28.4. The minimum atomic E-state index is -0.379. The van der Waals surface area contributed by atoms with Gasteiger partial charge in [0.25, 0.3) is 11.8 Å². The number of hydrogen-bond donors (Lipinski definition) is 1. The first kappa shape index (κ1) is 17.2. The number of benzene rings is 1. The Hall–Kier alpha value is -2.18. The van der Waals surface area contributed by atoms with Gasteiger partial charge in [0.15, 0.2) is 0 Å². The summed E-state index contributed by atoms with van der Waals surface area (Å²) in [5.41, 5.74) is 1.25. The van der Waals surface area contributed by atoms with Gasteiger partial charge >= 0.3 is 0 Å². The second-order valence-corrected chi connectivity index (χ2v) is 7.85. The smallest absolute Gasteiger partial charge is 0.254 e. The third kappa shape index (κ3) is 3.97. The lowest BCUT2D eigenvalue weighted by Gasteiger charge is -2.22. The number of carbonyl (C=O) groups is 2. The molecule has 1 saturated heterocycles. The molecule has 2 aliphatic rings. The highest BCUT2D eigenvalue weighted by Crippen LogP contribution is 2.31. The van der Waals surface area contributed by atoms with Crippen LogP contribution < -0.4 is 5.32 Å². The molecule has 0 spiro atoms. The number of ether oxygens (including phenoxy) is 1. The van der Waals surface area contributed by atoms with Crippen LogP contribution in [-0.2, 0) is 16.1 Å². The lowest BCUT2D eigenvalue weighted by Crippen LogP contribution is -2.32. The molecule has 6 heteroatoms. The molecular weight excluding hydrogens is 348 g/mol. The average Bonchev–Trinajstić information content (AvgIpc) is 3.13. The van der Waals surface area contributed by atoms with Crippen LogP contribution in [0.1, 0.15) is 40.9 Å². The van der Waals surface area contributed by atoms with Crippen molar-refractivity contribution >= 4 is 28.8 Å². The molecule has 1 aliphatic carbocycles. The van der Waals surface area contributed by atoms with Crippen molar-refractivity contribution in [1.82, 2.24) is 4.90 Å². The molecule has 4 rings (SSSR count). The molecule has 2 amide bonds. The van der Waals surface area contributed by atoms with Crippen molar-refractivity contribution in [3.63, 3.8) is 0 Å². The summed E-state index contributed by atoms with van der Waals surface area (Å²) in [6.07, 6.45) is 3.41. The molecule has 1 unspecified atom stereocenters. The van der Waals surface area contributed by atoms with Crippen molar-refractivity contribution in [3.05, 3.63) is 52.2 Å². The fraction of sp³-hybridized carbons (Fsp3) is 0.400. The Labute approximate surface area is 157 Å². The van der Waals surface area contributed by atoms with E-state index in [1.807, 2.05) is 34.5 Å². The fourth-order valence-corrected chi connectivity index (χ4v) is 3.93. The number of amides is 2. The van der Waals surface area contributed by atoms with E-state index in [0.29, 0.717) is 30.4 Å². The zero-order valence-electron chi connectivity index (χ0n) is 14.5. The van der Waals surface area contributed by atoms with Gasteiger partial charge in [0, 0.05) is 28.8 Å². The lowest BCUT2D eigenvalue weighted by molar-refractivity contribution is -0.124. The van der Waals surface area contributed by atoms with Crippen LogP contribution in [0.2, 0.25) is 0 Å². The summed E-state index contributed by atoms with van der Waals surface area (Å²) in [6, 6.07) is 11.6. The Balaban J connectivity index is 1.47. The van der Waals surface area contributed by atoms with Crippen LogP contribution in [0.4, 0.5) is 5.69 Å². The monoisotopic (exact) mass is 370 g/mol. The first-order valence-corrected chi connectivity index (χ1v) is 9.94. The van der Waals surface area contributed by atoms with E-state index in [-0.39, 0.29) is 17.9 Å². The van der Waals surface area contributed by atoms with Gasteiger partial charge in [-0.15, -0.1) is 11.3 Å². The van der Waals surface area contributed by atoms with Gasteiger partial charge in [0.2, 0.25) is 0 Å². The van der Waals surface area contributed by atoms with Gasteiger partial charge in [-0.05, 0) is 55.3 Å². The average molecular weight is 370 g/mol. The molecule has 0 bridgehead atoms. The summed E-state index contributed by atoms with van der Waals surface area (Å²) in [6.45, 7) is 1.28. The first-order chi connectivity index (χ1) is 12.7. The molecule has 26 heavy (non-hydrogen) atoms. The second-order valence-electron chi connectivity index (χ2n) is 6.82. The highest BCUT2D eigenvalue weighted by molar-refractivity contribution is 7.09. The molecule has 2 heterocycles. The molecule has 1 atom stereocenters. The Morgan fingerprint density at radius 1 is 1.19 bits per heavy atom. The Bertz CT molecular complexity index is 780. The number of nitrogens with one attached hydrogen (secondary N) is 1. The summed E-state index contributed by atoms with van der Waals surface area (Å²) in [5.74, 6) is -0.112. The summed E-state index contributed by atoms with van der Waals surface area (Å²) < 4.78 is 5.42. The molecule has 2 fully saturated rings. The van der Waals surface area contributed by atoms with Crippen LogP contribution in [0.25, 0.3) is 0 Å². The van der Waals surface area contributed by atoms with Crippen molar-refractivity contribution < 1.29 is 14.3 Å². The van der Waals surface area contributed by atoms with Gasteiger partial charge in [-0.1, -0.05) is 12.1 Å². The van der Waals surface area contributed by atoms with Gasteiger partial charge in [0.05, 0.1) is 6.54 Å². The predicted molar refractivity (Wildman–Crippen MR) is 101 cm³/mol. The van der Waals surface area contributed by atoms with E-state index in [1.165, 1.54) is 4.88 Å². The summed E-state index contributed by atoms with van der Waals surface area (Å²) in [7, 11) is 0. The van der Waals surface area contributed by atoms with E-state index in [2.05, 4.69) is 11.4 Å². The zero-order valence-corrected chi connectivity index (χ0v) is 15.3. The number of anilines is 1. The van der Waals surface area contributed by atoms with Crippen LogP contribution in [0, 0.1) is 0 Å². The molecule has 1 aromatic heterocycles. The molecule has 0 radical (unpaired) electrons. The number of rotatable bonds is 6. The van der Waals surface area contributed by atoms with Crippen molar-refractivity contribution in [3.8, 4) is 0 Å². The standard InChI is InChI=1S/C20H22N2O3S/c23-19(18-7-2-10-25-18)21-15-5-1-4-14(12-15)20(24)22(16-8-9-16)13-17-6-3-11-26-17/h1,3-6,11-12,16,18H,2,7-10,13H2,(H,21,23). The minimum absolute atomic E-state index is 0.0223. The van der Waals surface area contributed by atoms with Gasteiger partial charge in [-0.2, -0.15) is 0 Å². The fourth-order valence-electron chi connectivity index (χ4n) is 3.23. The molecule has 1 aromatic carbocycles. The van der Waals surface area contributed by atoms with E-state index < -0.39 is 0 Å². The van der Waals surface area contributed by atoms with Gasteiger partial charge in [-0.3, -0.25) is 9.59 Å². The quantitative estimate of drug-likeness (QED) is 0.844. The van der Waals surface area contributed by atoms with Crippen LogP contribution in [0.5, 0.6) is 0 Å². The highest BCUT2D eigenvalue weighted by atomic mass is 32.1. The Kier molecular flexibility index (Phi) is 5.04. The highest BCUT2D eigenvalue weighted by Gasteiger charge is 2.33. The van der Waals surface area contributed by atoms with E-state index in [9.17, 15) is 9.59 Å². The van der Waals surface area contributed by atoms with Crippen LogP contribution in [0.3, 0.4) is 0 Å². The zero-order chi connectivity index (χ0) is 17.9. The van der Waals surface area contributed by atoms with Crippen molar-refractivity contribution in [2.24, 2.45) is 0 Å². The van der Waals surface area contributed by atoms with Crippen molar-refractivity contribution in [2.75, 3.05) is 11.9 Å². The minimum Gasteiger partial charge on any atom is -0.368 e. The van der Waals surface area contributed by atoms with E-state index in [0.717, 1.165) is 25.7 Å². The maximum absolute atomic E-state index is 13.0. The predicted octanol–water partition coefficient (Wildman–Crippen LogP) is 3.67. The van der Waals surface area contributed by atoms with E-state index in [4.69, 9.17) is 4.74 Å². The van der Waals surface area contributed by atoms with Gasteiger partial charge < -0.3 is 15.0 Å². The number of thiophene rings is 1. The largest absolute Gasteiger partial charge is 0.368 e. The number of carbonyl (C=O) groups excluding carboxylic acids is 2. The lowest BCUT2D eigenvalue weighted by atomic mass is 10.1. The molecule has 1 N–H and O–H groups in total. The molecule has 136 valence electrons. The normalized spacial score (nSPS) is 19.3. The Morgan fingerprint density at radius 2 is 2.08 bits per heavy atom. The third-order valence-corrected chi connectivity index (χ3v) is 5.62. The number of hydrogen-bond acceptors (Lipinski definition) is 4. The van der Waals surface area contributed by atoms with Crippen LogP contribution in [0.15, 0.2) is 41.8 Å². The Morgan fingerprint density at radius 3 is 2.77 bits per heavy atom. The van der Waals surface area contributed by atoms with E-state index in [1.54, 1.807) is 17.4 Å². The maximum Gasteiger partial charge on any atom is 0.254 e. The van der Waals surface area contributed by atoms with Gasteiger partial charge in [-0.25, -0.2) is 0 Å². The van der Waals surface area contributed by atoms with Crippen molar-refractivity contribution in [2.45, 2.75) is 44.4 Å². The molecule has 2 aromatic rings. The maximum atomic E-state index is 13.0. The van der Waals surface area contributed by atoms with Crippen molar-refractivity contribution in [1.29, 1.82) is 0 Å². The van der Waals surface area contributed by atoms with Crippen LogP contribution in [-0.4, -0.2) is 35.5 Å². The topological polar surface area (TPSA) is 58.6 Å². The molecular formula is C20H22N2O3S. The molecule has 1 saturated carbocycles. The third-order valence-electron chi connectivity index (χ3n) is 4.75. The SMILES string of the molecule is O=C(Nc1cccc(C(=O)N(Cc2cccs2)C2CC2)c1)C1CCCO1. The molecule has 1 aliphatic heterocycles.